The van der Waals surface area contributed by atoms with E-state index in [1.165, 1.54) is 17.8 Å². The summed E-state index contributed by atoms with van der Waals surface area (Å²) in [5.74, 6) is -1.27. The maximum atomic E-state index is 13.0. The monoisotopic (exact) mass is 323 g/mol. The number of anilines is 1. The average molecular weight is 323 g/mol. The smallest absolute Gasteiger partial charge is 0.234 e. The molecule has 116 valence electrons. The van der Waals surface area contributed by atoms with Crippen LogP contribution >= 0.6 is 11.8 Å². The largest absolute Gasteiger partial charge is 0.494 e. The molecule has 6 heteroatoms. The lowest BCUT2D eigenvalue weighted by Crippen LogP contribution is -2.14. The Morgan fingerprint density at radius 1 is 1.14 bits per heavy atom. The van der Waals surface area contributed by atoms with Gasteiger partial charge in [0, 0.05) is 16.6 Å². The van der Waals surface area contributed by atoms with Crippen LogP contribution in [0.5, 0.6) is 5.75 Å². The highest BCUT2D eigenvalue weighted by Crippen LogP contribution is 2.22. The molecule has 2 aromatic carbocycles. The van der Waals surface area contributed by atoms with Crippen LogP contribution in [0.25, 0.3) is 0 Å². The molecule has 0 saturated heterocycles. The van der Waals surface area contributed by atoms with Crippen LogP contribution in [0.4, 0.5) is 14.5 Å². The molecule has 0 fully saturated rings. The fraction of sp³-hybridized carbons (Fsp3) is 0.188. The highest BCUT2D eigenvalue weighted by molar-refractivity contribution is 8.00. The number of amides is 1. The number of rotatable bonds is 6. The molecule has 0 atom stereocenters. The number of benzene rings is 2. The van der Waals surface area contributed by atoms with E-state index >= 15 is 0 Å². The predicted molar refractivity (Wildman–Crippen MR) is 83.3 cm³/mol. The Labute approximate surface area is 131 Å². The second-order valence-electron chi connectivity index (χ2n) is 4.37. The number of carbonyl (C=O) groups excluding carboxylic acids is 1. The van der Waals surface area contributed by atoms with Gasteiger partial charge in [-0.1, -0.05) is 0 Å². The summed E-state index contributed by atoms with van der Waals surface area (Å²) in [4.78, 5) is 12.7. The molecule has 0 bridgehead atoms. The van der Waals surface area contributed by atoms with E-state index in [1.54, 1.807) is 0 Å². The van der Waals surface area contributed by atoms with E-state index in [9.17, 15) is 13.6 Å². The molecule has 2 aromatic rings. The molecule has 2 rings (SSSR count). The summed E-state index contributed by atoms with van der Waals surface area (Å²) in [6, 6.07) is 10.6. The van der Waals surface area contributed by atoms with E-state index < -0.39 is 11.6 Å². The Bertz CT molecular complexity index is 647. The molecule has 0 unspecified atom stereocenters. The van der Waals surface area contributed by atoms with Crippen LogP contribution in [0.3, 0.4) is 0 Å². The van der Waals surface area contributed by atoms with Gasteiger partial charge in [-0.05, 0) is 43.3 Å². The third-order valence-electron chi connectivity index (χ3n) is 2.71. The molecular weight excluding hydrogens is 308 g/mol. The summed E-state index contributed by atoms with van der Waals surface area (Å²) in [6.07, 6.45) is 0. The van der Waals surface area contributed by atoms with Gasteiger partial charge < -0.3 is 10.1 Å². The van der Waals surface area contributed by atoms with Crippen LogP contribution in [0, 0.1) is 11.6 Å². The van der Waals surface area contributed by atoms with Crippen molar-refractivity contribution in [2.75, 3.05) is 17.7 Å². The number of carbonyl (C=O) groups is 1. The Kier molecular flexibility index (Phi) is 5.77. The van der Waals surface area contributed by atoms with Crippen LogP contribution in [0.1, 0.15) is 6.92 Å². The minimum absolute atomic E-state index is 0.174. The number of hydrogen-bond acceptors (Lipinski definition) is 3. The second kappa shape index (κ2) is 7.79. The van der Waals surface area contributed by atoms with E-state index in [4.69, 9.17) is 4.74 Å². The van der Waals surface area contributed by atoms with Crippen molar-refractivity contribution < 1.29 is 18.3 Å². The molecule has 0 aliphatic heterocycles. The molecule has 1 amide bonds. The zero-order valence-electron chi connectivity index (χ0n) is 11.9. The highest BCUT2D eigenvalue weighted by Gasteiger charge is 2.07. The fourth-order valence-corrected chi connectivity index (χ4v) is 2.42. The maximum absolute atomic E-state index is 13.0. The third-order valence-corrected chi connectivity index (χ3v) is 3.72. The molecule has 3 nitrogen and oxygen atoms in total. The van der Waals surface area contributed by atoms with Gasteiger partial charge in [-0.2, -0.15) is 0 Å². The van der Waals surface area contributed by atoms with Crippen LogP contribution in [0.15, 0.2) is 47.4 Å². The average Bonchev–Trinajstić information content (AvgIpc) is 2.51. The van der Waals surface area contributed by atoms with Gasteiger partial charge in [-0.15, -0.1) is 11.8 Å². The van der Waals surface area contributed by atoms with Crippen LogP contribution < -0.4 is 10.1 Å². The van der Waals surface area contributed by atoms with E-state index in [0.29, 0.717) is 6.61 Å². The van der Waals surface area contributed by atoms with Gasteiger partial charge in [-0.3, -0.25) is 4.79 Å². The molecule has 22 heavy (non-hydrogen) atoms. The van der Waals surface area contributed by atoms with Crippen LogP contribution in [-0.2, 0) is 4.79 Å². The zero-order chi connectivity index (χ0) is 15.9. The molecule has 0 radical (unpaired) electrons. The first-order valence-electron chi connectivity index (χ1n) is 6.69. The lowest BCUT2D eigenvalue weighted by molar-refractivity contribution is -0.113. The number of ether oxygens (including phenoxy) is 1. The molecule has 0 spiro atoms. The Hall–Kier alpha value is -2.08. The van der Waals surface area contributed by atoms with Crippen molar-refractivity contribution in [3.05, 3.63) is 54.1 Å². The molecule has 0 saturated carbocycles. The van der Waals surface area contributed by atoms with Crippen molar-refractivity contribution in [3.8, 4) is 5.75 Å². The van der Waals surface area contributed by atoms with E-state index in [2.05, 4.69) is 5.32 Å². The summed E-state index contributed by atoms with van der Waals surface area (Å²) in [5.41, 5.74) is 0.233. The van der Waals surface area contributed by atoms with Crippen molar-refractivity contribution in [2.24, 2.45) is 0 Å². The standard InChI is InChI=1S/C16H15F2NO2S/c1-2-21-12-4-6-13(7-5-12)22-10-16(20)19-11-3-8-14(17)15(18)9-11/h3-9H,2,10H2,1H3,(H,19,20). The van der Waals surface area contributed by atoms with Gasteiger partial charge in [0.15, 0.2) is 11.6 Å². The van der Waals surface area contributed by atoms with Gasteiger partial charge in [-0.25, -0.2) is 8.78 Å². The minimum atomic E-state index is -0.989. The topological polar surface area (TPSA) is 38.3 Å². The third kappa shape index (κ3) is 4.73. The van der Waals surface area contributed by atoms with Crippen molar-refractivity contribution in [2.45, 2.75) is 11.8 Å². The second-order valence-corrected chi connectivity index (χ2v) is 5.42. The summed E-state index contributed by atoms with van der Waals surface area (Å²) < 4.78 is 31.2. The Morgan fingerprint density at radius 2 is 1.86 bits per heavy atom. The van der Waals surface area contributed by atoms with E-state index in [1.807, 2.05) is 31.2 Å². The van der Waals surface area contributed by atoms with Gasteiger partial charge in [0.1, 0.15) is 5.75 Å². The van der Waals surface area contributed by atoms with Gasteiger partial charge >= 0.3 is 0 Å². The summed E-state index contributed by atoms with van der Waals surface area (Å²) in [6.45, 7) is 2.51. The first kappa shape index (κ1) is 16.3. The van der Waals surface area contributed by atoms with Crippen molar-refractivity contribution in [3.63, 3.8) is 0 Å². The SMILES string of the molecule is CCOc1ccc(SCC(=O)Nc2ccc(F)c(F)c2)cc1. The summed E-state index contributed by atoms with van der Waals surface area (Å²) in [5, 5.41) is 2.52. The minimum Gasteiger partial charge on any atom is -0.494 e. The van der Waals surface area contributed by atoms with Gasteiger partial charge in [0.05, 0.1) is 12.4 Å². The predicted octanol–water partition coefficient (Wildman–Crippen LogP) is 4.09. The van der Waals surface area contributed by atoms with E-state index in [-0.39, 0.29) is 17.3 Å². The van der Waals surface area contributed by atoms with Crippen LogP contribution in [0.2, 0.25) is 0 Å². The highest BCUT2D eigenvalue weighted by atomic mass is 32.2. The Balaban J connectivity index is 1.85. The molecule has 1 N–H and O–H groups in total. The fourth-order valence-electron chi connectivity index (χ4n) is 1.72. The summed E-state index contributed by atoms with van der Waals surface area (Å²) in [7, 11) is 0. The molecule has 0 aliphatic carbocycles. The van der Waals surface area contributed by atoms with Crippen LogP contribution in [-0.4, -0.2) is 18.3 Å². The quantitative estimate of drug-likeness (QED) is 0.814. The molecule has 0 aliphatic rings. The lowest BCUT2D eigenvalue weighted by atomic mass is 10.3. The van der Waals surface area contributed by atoms with Gasteiger partial charge in [0.25, 0.3) is 0 Å². The first-order chi connectivity index (χ1) is 10.6. The number of thioether (sulfide) groups is 1. The maximum Gasteiger partial charge on any atom is 0.234 e. The zero-order valence-corrected chi connectivity index (χ0v) is 12.8. The molecule has 0 heterocycles. The lowest BCUT2D eigenvalue weighted by Gasteiger charge is -2.06. The number of halogens is 2. The van der Waals surface area contributed by atoms with E-state index in [0.717, 1.165) is 22.8 Å². The first-order valence-corrected chi connectivity index (χ1v) is 7.67. The number of nitrogens with one attached hydrogen (secondary N) is 1. The van der Waals surface area contributed by atoms with Crippen molar-refractivity contribution in [1.29, 1.82) is 0 Å². The Morgan fingerprint density at radius 3 is 2.50 bits per heavy atom. The summed E-state index contributed by atoms with van der Waals surface area (Å²) >= 11 is 1.35. The normalized spacial score (nSPS) is 10.3. The van der Waals surface area contributed by atoms with Gasteiger partial charge in [0.2, 0.25) is 5.91 Å². The van der Waals surface area contributed by atoms with Crippen molar-refractivity contribution >= 4 is 23.4 Å². The number of hydrogen-bond donors (Lipinski definition) is 1. The van der Waals surface area contributed by atoms with Crippen molar-refractivity contribution in [1.82, 2.24) is 0 Å². The molecule has 0 aromatic heterocycles. The molecular formula is C16H15F2NO2S.